The van der Waals surface area contributed by atoms with Crippen molar-refractivity contribution in [3.63, 3.8) is 0 Å². The van der Waals surface area contributed by atoms with E-state index in [1.807, 2.05) is 32.0 Å². The molecule has 0 amide bonds. The lowest BCUT2D eigenvalue weighted by molar-refractivity contribution is -0.141. The van der Waals surface area contributed by atoms with Gasteiger partial charge in [-0.1, -0.05) is 34.6 Å². The molecule has 35 heavy (non-hydrogen) atoms. The minimum atomic E-state index is -0.289. The van der Waals surface area contributed by atoms with E-state index in [-0.39, 0.29) is 24.1 Å². The van der Waals surface area contributed by atoms with E-state index in [1.165, 1.54) is 7.11 Å². The molecular weight excluding hydrogens is 461 g/mol. The fourth-order valence-corrected chi connectivity index (χ4v) is 5.33. The van der Waals surface area contributed by atoms with Crippen LogP contribution in [-0.4, -0.2) is 31.2 Å². The lowest BCUT2D eigenvalue weighted by Gasteiger charge is -2.32. The summed E-state index contributed by atoms with van der Waals surface area (Å²) in [5.41, 5.74) is 3.93. The van der Waals surface area contributed by atoms with Crippen molar-refractivity contribution in [1.29, 1.82) is 0 Å². The number of rotatable bonds is 11. The lowest BCUT2D eigenvalue weighted by Crippen LogP contribution is -2.32. The van der Waals surface area contributed by atoms with Crippen molar-refractivity contribution in [3.05, 3.63) is 46.7 Å². The van der Waals surface area contributed by atoms with Crippen molar-refractivity contribution in [3.8, 4) is 0 Å². The van der Waals surface area contributed by atoms with E-state index in [4.69, 9.17) is 4.74 Å². The largest absolute Gasteiger partial charge is 0.469 e. The number of aromatic nitrogens is 1. The van der Waals surface area contributed by atoms with Crippen molar-refractivity contribution in [2.45, 2.75) is 60.3 Å². The molecule has 0 saturated carbocycles. The minimum Gasteiger partial charge on any atom is -0.469 e. The van der Waals surface area contributed by atoms with Gasteiger partial charge in [0.1, 0.15) is 5.82 Å². The third kappa shape index (κ3) is 6.94. The highest BCUT2D eigenvalue weighted by Gasteiger charge is 2.23. The number of ether oxygens (including phenoxy) is 1. The first-order chi connectivity index (χ1) is 16.6. The average molecular weight is 500 g/mol. The molecule has 0 aliphatic heterocycles. The Balaban J connectivity index is 2.11. The molecule has 0 aliphatic rings. The molecule has 1 heterocycles. The fraction of sp³-hybridized carbons (Fsp3) is 0.500. The molecule has 1 aromatic heterocycles. The van der Waals surface area contributed by atoms with Crippen LogP contribution in [0, 0.1) is 24.6 Å². The number of benzene rings is 2. The number of thiazole rings is 1. The van der Waals surface area contributed by atoms with Crippen molar-refractivity contribution in [1.82, 2.24) is 4.98 Å². The Bertz CT molecular complexity index is 1150. The quantitative estimate of drug-likeness (QED) is 0.274. The van der Waals surface area contributed by atoms with Crippen molar-refractivity contribution < 1.29 is 13.9 Å². The van der Waals surface area contributed by atoms with E-state index in [1.54, 1.807) is 17.4 Å². The van der Waals surface area contributed by atoms with Gasteiger partial charge in [0.2, 0.25) is 0 Å². The molecule has 0 aliphatic carbocycles. The Hall–Kier alpha value is -2.67. The maximum Gasteiger partial charge on any atom is 0.306 e. The second-order valence-electron chi connectivity index (χ2n) is 10.0. The standard InChI is InChI=1S/C28H38FN3O2S/c1-8-20(13-27(33)34-7)21-11-23(29)28(32(15-17(2)3)16-18(4)5)25(12-21)31-22-9-10-24-26(14-22)35-19(6)30-24/h9-12,14,17-18,20,31H,8,13,15-16H2,1-7H3. The second-order valence-corrected chi connectivity index (χ2v) is 11.3. The predicted molar refractivity (Wildman–Crippen MR) is 146 cm³/mol. The lowest BCUT2D eigenvalue weighted by atomic mass is 9.92. The SMILES string of the molecule is CCC(CC(=O)OC)c1cc(F)c(N(CC(C)C)CC(C)C)c(Nc2ccc3nc(C)sc3c2)c1. The Labute approximate surface area is 212 Å². The van der Waals surface area contributed by atoms with Crippen LogP contribution in [0.1, 0.15) is 63.9 Å². The van der Waals surface area contributed by atoms with Gasteiger partial charge in [0, 0.05) is 18.8 Å². The first kappa shape index (κ1) is 26.9. The number of aryl methyl sites for hydroxylation is 1. The Kier molecular flexibility index (Phi) is 9.11. The van der Waals surface area contributed by atoms with Gasteiger partial charge in [-0.3, -0.25) is 4.79 Å². The first-order valence-electron chi connectivity index (χ1n) is 12.4. The molecule has 190 valence electrons. The van der Waals surface area contributed by atoms with Crippen LogP contribution >= 0.6 is 11.3 Å². The van der Waals surface area contributed by atoms with E-state index in [2.05, 4.69) is 49.0 Å². The molecular formula is C28H38FN3O2S. The summed E-state index contributed by atoms with van der Waals surface area (Å²) in [5.74, 6) is 0.0640. The monoisotopic (exact) mass is 499 g/mol. The zero-order valence-corrected chi connectivity index (χ0v) is 22.8. The number of halogens is 1. The van der Waals surface area contributed by atoms with Crippen LogP contribution in [-0.2, 0) is 9.53 Å². The van der Waals surface area contributed by atoms with Crippen LogP contribution in [0.2, 0.25) is 0 Å². The van der Waals surface area contributed by atoms with Gasteiger partial charge >= 0.3 is 5.97 Å². The summed E-state index contributed by atoms with van der Waals surface area (Å²) in [5, 5.41) is 4.52. The van der Waals surface area contributed by atoms with Gasteiger partial charge in [0.05, 0.1) is 40.1 Å². The highest BCUT2D eigenvalue weighted by Crippen LogP contribution is 2.38. The molecule has 3 rings (SSSR count). The molecule has 0 spiro atoms. The Morgan fingerprint density at radius 1 is 1.14 bits per heavy atom. The molecule has 7 heteroatoms. The summed E-state index contributed by atoms with van der Waals surface area (Å²) in [6, 6.07) is 9.64. The van der Waals surface area contributed by atoms with E-state index < -0.39 is 0 Å². The fourth-order valence-electron chi connectivity index (χ4n) is 4.47. The van der Waals surface area contributed by atoms with Crippen LogP contribution in [0.25, 0.3) is 10.2 Å². The maximum atomic E-state index is 15.9. The minimum absolute atomic E-state index is 0.123. The molecule has 1 atom stereocenters. The van der Waals surface area contributed by atoms with Gasteiger partial charge in [-0.25, -0.2) is 9.37 Å². The summed E-state index contributed by atoms with van der Waals surface area (Å²) in [6.07, 6.45) is 0.931. The maximum absolute atomic E-state index is 15.9. The summed E-state index contributed by atoms with van der Waals surface area (Å²) in [4.78, 5) is 18.7. The zero-order chi connectivity index (χ0) is 25.7. The summed E-state index contributed by atoms with van der Waals surface area (Å²) >= 11 is 1.64. The zero-order valence-electron chi connectivity index (χ0n) is 21.9. The molecule has 0 saturated heterocycles. The average Bonchev–Trinajstić information content (AvgIpc) is 3.15. The summed E-state index contributed by atoms with van der Waals surface area (Å²) in [7, 11) is 1.39. The normalized spacial score (nSPS) is 12.4. The topological polar surface area (TPSA) is 54.5 Å². The van der Waals surface area contributed by atoms with E-state index in [0.29, 0.717) is 29.6 Å². The van der Waals surface area contributed by atoms with Crippen LogP contribution in [0.15, 0.2) is 30.3 Å². The third-order valence-electron chi connectivity index (χ3n) is 5.95. The molecule has 0 bridgehead atoms. The van der Waals surface area contributed by atoms with Gasteiger partial charge < -0.3 is 15.0 Å². The summed E-state index contributed by atoms with van der Waals surface area (Å²) in [6.45, 7) is 14.1. The van der Waals surface area contributed by atoms with E-state index >= 15 is 4.39 Å². The smallest absolute Gasteiger partial charge is 0.306 e. The van der Waals surface area contributed by atoms with Gasteiger partial charge in [-0.15, -0.1) is 11.3 Å². The predicted octanol–water partition coefficient (Wildman–Crippen LogP) is 7.66. The van der Waals surface area contributed by atoms with Crippen LogP contribution in [0.4, 0.5) is 21.5 Å². The number of hydrogen-bond acceptors (Lipinski definition) is 6. The van der Waals surface area contributed by atoms with Crippen LogP contribution in [0.3, 0.4) is 0 Å². The number of esters is 1. The number of anilines is 3. The van der Waals surface area contributed by atoms with Crippen molar-refractivity contribution >= 4 is 44.6 Å². The molecule has 1 N–H and O–H groups in total. The van der Waals surface area contributed by atoms with Crippen LogP contribution < -0.4 is 10.2 Å². The summed E-state index contributed by atoms with van der Waals surface area (Å²) < 4.78 is 21.9. The van der Waals surface area contributed by atoms with Gasteiger partial charge in [-0.05, 0) is 67.0 Å². The highest BCUT2D eigenvalue weighted by molar-refractivity contribution is 7.18. The van der Waals surface area contributed by atoms with Gasteiger partial charge in [0.25, 0.3) is 0 Å². The highest BCUT2D eigenvalue weighted by atomic mass is 32.1. The van der Waals surface area contributed by atoms with Crippen molar-refractivity contribution in [2.75, 3.05) is 30.4 Å². The molecule has 2 aromatic carbocycles. The number of methoxy groups -OCH3 is 1. The molecule has 5 nitrogen and oxygen atoms in total. The van der Waals surface area contributed by atoms with E-state index in [0.717, 1.165) is 39.6 Å². The Morgan fingerprint density at radius 3 is 2.43 bits per heavy atom. The third-order valence-corrected chi connectivity index (χ3v) is 6.89. The number of nitrogens with zero attached hydrogens (tertiary/aromatic N) is 2. The molecule has 1 unspecified atom stereocenters. The van der Waals surface area contributed by atoms with Crippen molar-refractivity contribution in [2.24, 2.45) is 11.8 Å². The van der Waals surface area contributed by atoms with E-state index in [9.17, 15) is 4.79 Å². The van der Waals surface area contributed by atoms with Crippen LogP contribution in [0.5, 0.6) is 0 Å². The number of hydrogen-bond donors (Lipinski definition) is 1. The Morgan fingerprint density at radius 2 is 1.83 bits per heavy atom. The number of nitrogens with one attached hydrogen (secondary N) is 1. The van der Waals surface area contributed by atoms with Gasteiger partial charge in [-0.2, -0.15) is 0 Å². The van der Waals surface area contributed by atoms with Gasteiger partial charge in [0.15, 0.2) is 0 Å². The number of carbonyl (C=O) groups excluding carboxylic acids is 1. The molecule has 0 fully saturated rings. The number of carbonyl (C=O) groups is 1. The molecule has 3 aromatic rings. The second kappa shape index (κ2) is 11.8. The first-order valence-corrected chi connectivity index (χ1v) is 13.2. The molecule has 0 radical (unpaired) electrons. The number of fused-ring (bicyclic) bond motifs is 1.